The molecule has 1 fully saturated rings. The summed E-state index contributed by atoms with van der Waals surface area (Å²) < 4.78 is 12.5. The zero-order valence-electron chi connectivity index (χ0n) is 17.8. The molecule has 162 valence electrons. The Morgan fingerprint density at radius 2 is 1.86 bits per heavy atom. The van der Waals surface area contributed by atoms with Crippen LogP contribution in [0.5, 0.6) is 5.75 Å². The lowest BCUT2D eigenvalue weighted by Crippen LogP contribution is -2.48. The standard InChI is InChI=1S/C20H32N6O2.ClH/c1-16(2)14-19(20-21-22-23-26(20)12-13-27-3)25-10-8-24(9-11-25)17-6-5-7-18(15-17)28-4;/h5-7,15-16,19H,8-14H2,1-4H3;1H. The molecule has 1 aliphatic rings. The summed E-state index contributed by atoms with van der Waals surface area (Å²) in [5, 5.41) is 12.5. The first-order chi connectivity index (χ1) is 13.6. The van der Waals surface area contributed by atoms with Crippen LogP contribution in [0.2, 0.25) is 0 Å². The molecule has 0 N–H and O–H groups in total. The van der Waals surface area contributed by atoms with Gasteiger partial charge in [-0.2, -0.15) is 0 Å². The highest BCUT2D eigenvalue weighted by Gasteiger charge is 2.29. The number of benzene rings is 1. The number of halogens is 1. The maximum absolute atomic E-state index is 5.37. The molecule has 3 rings (SSSR count). The Balaban J connectivity index is 0.00000300. The van der Waals surface area contributed by atoms with E-state index in [2.05, 4.69) is 51.3 Å². The highest BCUT2D eigenvalue weighted by atomic mass is 35.5. The lowest BCUT2D eigenvalue weighted by molar-refractivity contribution is 0.145. The van der Waals surface area contributed by atoms with Gasteiger partial charge in [0.1, 0.15) is 5.75 Å². The lowest BCUT2D eigenvalue weighted by Gasteiger charge is -2.40. The van der Waals surface area contributed by atoms with E-state index in [4.69, 9.17) is 9.47 Å². The van der Waals surface area contributed by atoms with Crippen LogP contribution in [0.4, 0.5) is 5.69 Å². The van der Waals surface area contributed by atoms with Crippen LogP contribution >= 0.6 is 12.4 Å². The Hall–Kier alpha value is -1.90. The van der Waals surface area contributed by atoms with Gasteiger partial charge >= 0.3 is 0 Å². The molecule has 0 radical (unpaired) electrons. The molecule has 0 saturated carbocycles. The van der Waals surface area contributed by atoms with Crippen molar-refractivity contribution in [1.82, 2.24) is 25.1 Å². The molecule has 1 unspecified atom stereocenters. The first kappa shape index (κ1) is 23.4. The number of rotatable bonds is 9. The van der Waals surface area contributed by atoms with Crippen molar-refractivity contribution in [2.45, 2.75) is 32.9 Å². The number of methoxy groups -OCH3 is 2. The van der Waals surface area contributed by atoms with Gasteiger partial charge in [0.15, 0.2) is 5.82 Å². The summed E-state index contributed by atoms with van der Waals surface area (Å²) in [7, 11) is 3.41. The topological polar surface area (TPSA) is 68.5 Å². The molecular formula is C20H33ClN6O2. The van der Waals surface area contributed by atoms with Crippen molar-refractivity contribution in [3.8, 4) is 5.75 Å². The number of tetrazole rings is 1. The second kappa shape index (κ2) is 11.3. The van der Waals surface area contributed by atoms with Crippen LogP contribution in [-0.2, 0) is 11.3 Å². The van der Waals surface area contributed by atoms with Crippen molar-refractivity contribution in [2.75, 3.05) is 51.9 Å². The van der Waals surface area contributed by atoms with E-state index < -0.39 is 0 Å². The predicted molar refractivity (Wildman–Crippen MR) is 116 cm³/mol. The van der Waals surface area contributed by atoms with Gasteiger partial charge in [0.25, 0.3) is 0 Å². The van der Waals surface area contributed by atoms with Crippen molar-refractivity contribution < 1.29 is 9.47 Å². The highest BCUT2D eigenvalue weighted by molar-refractivity contribution is 5.85. The summed E-state index contributed by atoms with van der Waals surface area (Å²) in [6.07, 6.45) is 1.03. The fourth-order valence-corrected chi connectivity index (χ4v) is 3.75. The van der Waals surface area contributed by atoms with Gasteiger partial charge in [-0.05, 0) is 34.9 Å². The fourth-order valence-electron chi connectivity index (χ4n) is 3.75. The molecule has 0 amide bonds. The Labute approximate surface area is 179 Å². The van der Waals surface area contributed by atoms with E-state index in [0.717, 1.165) is 44.2 Å². The average molecular weight is 425 g/mol. The number of aromatic nitrogens is 4. The van der Waals surface area contributed by atoms with Crippen molar-refractivity contribution in [1.29, 1.82) is 0 Å². The zero-order valence-corrected chi connectivity index (χ0v) is 18.6. The molecule has 9 heteroatoms. The third kappa shape index (κ3) is 6.04. The van der Waals surface area contributed by atoms with Crippen LogP contribution in [0.25, 0.3) is 0 Å². The number of nitrogens with zero attached hydrogens (tertiary/aromatic N) is 6. The first-order valence-electron chi connectivity index (χ1n) is 10.0. The zero-order chi connectivity index (χ0) is 19.9. The molecule has 1 aromatic carbocycles. The van der Waals surface area contributed by atoms with E-state index in [0.29, 0.717) is 19.1 Å². The Bertz CT molecular complexity index is 733. The van der Waals surface area contributed by atoms with Gasteiger partial charge in [0.05, 0.1) is 26.3 Å². The van der Waals surface area contributed by atoms with Crippen LogP contribution in [0.1, 0.15) is 32.1 Å². The van der Waals surface area contributed by atoms with E-state index in [1.54, 1.807) is 14.2 Å². The van der Waals surface area contributed by atoms with Crippen LogP contribution in [-0.4, -0.2) is 72.1 Å². The minimum absolute atomic E-state index is 0. The maximum Gasteiger partial charge on any atom is 0.168 e. The molecule has 1 aromatic heterocycles. The average Bonchev–Trinajstić information content (AvgIpc) is 3.18. The second-order valence-electron chi connectivity index (χ2n) is 7.62. The van der Waals surface area contributed by atoms with E-state index in [-0.39, 0.29) is 18.4 Å². The molecule has 0 spiro atoms. The lowest BCUT2D eigenvalue weighted by atomic mass is 10.0. The minimum Gasteiger partial charge on any atom is -0.497 e. The van der Waals surface area contributed by atoms with E-state index in [1.807, 2.05) is 16.8 Å². The van der Waals surface area contributed by atoms with Gasteiger partial charge in [-0.1, -0.05) is 19.9 Å². The Morgan fingerprint density at radius 3 is 2.52 bits per heavy atom. The van der Waals surface area contributed by atoms with Crippen LogP contribution in [0.15, 0.2) is 24.3 Å². The first-order valence-corrected chi connectivity index (χ1v) is 10.0. The van der Waals surface area contributed by atoms with Crippen molar-refractivity contribution >= 4 is 18.1 Å². The number of ether oxygens (including phenoxy) is 2. The second-order valence-corrected chi connectivity index (χ2v) is 7.62. The molecular weight excluding hydrogens is 392 g/mol. The fraction of sp³-hybridized carbons (Fsp3) is 0.650. The summed E-state index contributed by atoms with van der Waals surface area (Å²) >= 11 is 0. The molecule has 8 nitrogen and oxygen atoms in total. The molecule has 0 aliphatic carbocycles. The molecule has 1 atom stereocenters. The molecule has 1 aliphatic heterocycles. The van der Waals surface area contributed by atoms with Crippen molar-refractivity contribution in [3.63, 3.8) is 0 Å². The van der Waals surface area contributed by atoms with Crippen LogP contribution in [0.3, 0.4) is 0 Å². The van der Waals surface area contributed by atoms with Gasteiger partial charge in [-0.15, -0.1) is 17.5 Å². The summed E-state index contributed by atoms with van der Waals surface area (Å²) in [5.74, 6) is 2.41. The third-order valence-corrected chi connectivity index (χ3v) is 5.23. The number of hydrogen-bond donors (Lipinski definition) is 0. The van der Waals surface area contributed by atoms with Crippen molar-refractivity contribution in [3.05, 3.63) is 30.1 Å². The molecule has 29 heavy (non-hydrogen) atoms. The van der Waals surface area contributed by atoms with Crippen LogP contribution < -0.4 is 9.64 Å². The van der Waals surface area contributed by atoms with Crippen LogP contribution in [0, 0.1) is 5.92 Å². The number of piperazine rings is 1. The molecule has 0 bridgehead atoms. The maximum atomic E-state index is 5.37. The molecule has 2 heterocycles. The smallest absolute Gasteiger partial charge is 0.168 e. The number of hydrogen-bond acceptors (Lipinski definition) is 7. The summed E-state index contributed by atoms with van der Waals surface area (Å²) in [6.45, 7) is 9.69. The number of anilines is 1. The Kier molecular flexibility index (Phi) is 9.13. The monoisotopic (exact) mass is 424 g/mol. The summed E-state index contributed by atoms with van der Waals surface area (Å²) in [5.41, 5.74) is 1.21. The van der Waals surface area contributed by atoms with Gasteiger partial charge in [0, 0.05) is 45.0 Å². The molecule has 1 saturated heterocycles. The largest absolute Gasteiger partial charge is 0.497 e. The normalized spacial score (nSPS) is 16.0. The van der Waals surface area contributed by atoms with E-state index in [9.17, 15) is 0 Å². The Morgan fingerprint density at radius 1 is 1.10 bits per heavy atom. The predicted octanol–water partition coefficient (Wildman–Crippen LogP) is 2.66. The van der Waals surface area contributed by atoms with E-state index >= 15 is 0 Å². The third-order valence-electron chi connectivity index (χ3n) is 5.23. The van der Waals surface area contributed by atoms with Gasteiger partial charge in [0.2, 0.25) is 0 Å². The van der Waals surface area contributed by atoms with Crippen molar-refractivity contribution in [2.24, 2.45) is 5.92 Å². The quantitative estimate of drug-likeness (QED) is 0.612. The van der Waals surface area contributed by atoms with Gasteiger partial charge in [-0.25, -0.2) is 4.68 Å². The van der Waals surface area contributed by atoms with Gasteiger partial charge in [-0.3, -0.25) is 4.90 Å². The highest BCUT2D eigenvalue weighted by Crippen LogP contribution is 2.29. The summed E-state index contributed by atoms with van der Waals surface area (Å²) in [4.78, 5) is 4.94. The SMILES string of the molecule is COCCn1nnnc1C(CC(C)C)N1CCN(c2cccc(OC)c2)CC1.Cl. The van der Waals surface area contributed by atoms with Gasteiger partial charge < -0.3 is 14.4 Å². The summed E-state index contributed by atoms with van der Waals surface area (Å²) in [6, 6.07) is 8.51. The minimum atomic E-state index is 0. The van der Waals surface area contributed by atoms with E-state index in [1.165, 1.54) is 5.69 Å². The molecule has 2 aromatic rings.